The molecule has 5 heteroatoms. The van der Waals surface area contributed by atoms with Crippen molar-refractivity contribution in [2.24, 2.45) is 5.41 Å². The molecule has 0 N–H and O–H groups in total. The first-order valence-electron chi connectivity index (χ1n) is 8.76. The lowest BCUT2D eigenvalue weighted by Crippen LogP contribution is -2.33. The molecule has 1 aliphatic heterocycles. The van der Waals surface area contributed by atoms with Crippen molar-refractivity contribution in [1.29, 1.82) is 0 Å². The van der Waals surface area contributed by atoms with Crippen molar-refractivity contribution in [3.05, 3.63) is 54.6 Å². The summed E-state index contributed by atoms with van der Waals surface area (Å²) in [6.07, 6.45) is 0.749. The van der Waals surface area contributed by atoms with Gasteiger partial charge >= 0.3 is 5.97 Å². The molecule has 0 radical (unpaired) electrons. The summed E-state index contributed by atoms with van der Waals surface area (Å²) in [5.41, 5.74) is 1.38. The van der Waals surface area contributed by atoms with Crippen LogP contribution >= 0.6 is 0 Å². The number of para-hydroxylation sites is 1. The zero-order valence-electron chi connectivity index (χ0n) is 15.0. The van der Waals surface area contributed by atoms with Crippen LogP contribution in [0, 0.1) is 5.41 Å². The number of fused-ring (bicyclic) bond motifs is 1. The van der Waals surface area contributed by atoms with Gasteiger partial charge in [0.15, 0.2) is 5.82 Å². The number of ether oxygens (including phenoxy) is 1. The topological polar surface area (TPSA) is 55.3 Å². The number of methoxy groups -OCH3 is 1. The highest BCUT2D eigenvalue weighted by atomic mass is 16.5. The minimum Gasteiger partial charge on any atom is -0.469 e. The summed E-state index contributed by atoms with van der Waals surface area (Å²) in [5, 5.41) is 1.00. The number of nitrogens with zero attached hydrogens (tertiary/aromatic N) is 3. The second-order valence-electron chi connectivity index (χ2n) is 6.98. The van der Waals surface area contributed by atoms with Gasteiger partial charge in [-0.3, -0.25) is 4.79 Å². The van der Waals surface area contributed by atoms with Crippen LogP contribution in [0.3, 0.4) is 0 Å². The first-order valence-corrected chi connectivity index (χ1v) is 8.76. The lowest BCUT2D eigenvalue weighted by molar-refractivity contribution is -0.150. The zero-order chi connectivity index (χ0) is 18.1. The number of hydrogen-bond donors (Lipinski definition) is 0. The van der Waals surface area contributed by atoms with Gasteiger partial charge in [-0.2, -0.15) is 0 Å². The third kappa shape index (κ3) is 2.79. The van der Waals surface area contributed by atoms with E-state index in [4.69, 9.17) is 14.7 Å². The predicted octanol–water partition coefficient (Wildman–Crippen LogP) is 3.69. The van der Waals surface area contributed by atoms with Crippen molar-refractivity contribution in [2.75, 3.05) is 25.1 Å². The molecule has 0 bridgehead atoms. The normalized spacial score (nSPS) is 19.7. The maximum absolute atomic E-state index is 12.2. The number of carbonyl (C=O) groups is 1. The second-order valence-corrected chi connectivity index (χ2v) is 6.98. The minimum atomic E-state index is -0.506. The summed E-state index contributed by atoms with van der Waals surface area (Å²) in [6, 6.07) is 18.0. The van der Waals surface area contributed by atoms with Gasteiger partial charge in [-0.1, -0.05) is 42.5 Å². The highest BCUT2D eigenvalue weighted by Crippen LogP contribution is 2.36. The molecule has 2 aromatic carbocycles. The van der Waals surface area contributed by atoms with Gasteiger partial charge in [0, 0.05) is 24.0 Å². The Labute approximate surface area is 152 Å². The SMILES string of the molecule is COC(=O)C1(C)CCN(c2nc(-c3ccccc3)nc3ccccc23)C1. The van der Waals surface area contributed by atoms with Gasteiger partial charge in [-0.15, -0.1) is 0 Å². The van der Waals surface area contributed by atoms with Gasteiger partial charge in [0.1, 0.15) is 5.82 Å². The molecule has 1 unspecified atom stereocenters. The van der Waals surface area contributed by atoms with Crippen LogP contribution in [-0.2, 0) is 9.53 Å². The van der Waals surface area contributed by atoms with E-state index in [0.717, 1.165) is 35.2 Å². The van der Waals surface area contributed by atoms with E-state index < -0.39 is 5.41 Å². The Bertz CT molecular complexity index is 958. The van der Waals surface area contributed by atoms with Crippen LogP contribution in [0.1, 0.15) is 13.3 Å². The summed E-state index contributed by atoms with van der Waals surface area (Å²) >= 11 is 0. The largest absolute Gasteiger partial charge is 0.469 e. The van der Waals surface area contributed by atoms with Gasteiger partial charge in [0.2, 0.25) is 0 Å². The van der Waals surface area contributed by atoms with Crippen LogP contribution in [0.5, 0.6) is 0 Å². The van der Waals surface area contributed by atoms with E-state index in [0.29, 0.717) is 12.4 Å². The number of anilines is 1. The van der Waals surface area contributed by atoms with Crippen molar-refractivity contribution >= 4 is 22.7 Å². The summed E-state index contributed by atoms with van der Waals surface area (Å²) in [6.45, 7) is 3.32. The number of carbonyl (C=O) groups excluding carboxylic acids is 1. The van der Waals surface area contributed by atoms with Crippen LogP contribution in [0.25, 0.3) is 22.3 Å². The Morgan fingerprint density at radius 1 is 1.08 bits per heavy atom. The number of benzene rings is 2. The first-order chi connectivity index (χ1) is 12.6. The van der Waals surface area contributed by atoms with Crippen LogP contribution in [0.15, 0.2) is 54.6 Å². The molecule has 3 aromatic rings. The zero-order valence-corrected chi connectivity index (χ0v) is 15.0. The van der Waals surface area contributed by atoms with Gasteiger partial charge in [0.05, 0.1) is 18.0 Å². The third-order valence-electron chi connectivity index (χ3n) is 5.07. The first kappa shape index (κ1) is 16.5. The highest BCUT2D eigenvalue weighted by molar-refractivity contribution is 5.91. The number of rotatable bonds is 3. The van der Waals surface area contributed by atoms with E-state index in [1.807, 2.05) is 61.5 Å². The quantitative estimate of drug-likeness (QED) is 0.677. The lowest BCUT2D eigenvalue weighted by Gasteiger charge is -2.23. The molecule has 1 aromatic heterocycles. The van der Waals surface area contributed by atoms with Crippen LogP contribution in [-0.4, -0.2) is 36.1 Å². The van der Waals surface area contributed by atoms with Crippen molar-refractivity contribution in [1.82, 2.24) is 9.97 Å². The average Bonchev–Trinajstić information content (AvgIpc) is 3.10. The molecule has 2 heterocycles. The van der Waals surface area contributed by atoms with Gasteiger partial charge in [-0.25, -0.2) is 9.97 Å². The predicted molar refractivity (Wildman–Crippen MR) is 102 cm³/mol. The van der Waals surface area contributed by atoms with E-state index in [2.05, 4.69) is 4.90 Å². The van der Waals surface area contributed by atoms with Gasteiger partial charge in [0.25, 0.3) is 0 Å². The number of esters is 1. The van der Waals surface area contributed by atoms with Gasteiger partial charge in [-0.05, 0) is 25.5 Å². The summed E-state index contributed by atoms with van der Waals surface area (Å²) in [5.74, 6) is 1.41. The Morgan fingerprint density at radius 2 is 1.81 bits per heavy atom. The van der Waals surface area contributed by atoms with Crippen molar-refractivity contribution < 1.29 is 9.53 Å². The van der Waals surface area contributed by atoms with Crippen LogP contribution in [0.4, 0.5) is 5.82 Å². The maximum Gasteiger partial charge on any atom is 0.313 e. The van der Waals surface area contributed by atoms with E-state index in [1.54, 1.807) is 0 Å². The smallest absolute Gasteiger partial charge is 0.313 e. The average molecular weight is 347 g/mol. The van der Waals surface area contributed by atoms with Crippen molar-refractivity contribution in [3.63, 3.8) is 0 Å². The lowest BCUT2D eigenvalue weighted by atomic mass is 9.90. The molecule has 4 rings (SSSR count). The summed E-state index contributed by atoms with van der Waals surface area (Å²) < 4.78 is 5.00. The third-order valence-corrected chi connectivity index (χ3v) is 5.07. The van der Waals surface area contributed by atoms with Crippen molar-refractivity contribution in [2.45, 2.75) is 13.3 Å². The maximum atomic E-state index is 12.2. The molecule has 1 fully saturated rings. The second kappa shape index (κ2) is 6.41. The molecule has 5 nitrogen and oxygen atoms in total. The Morgan fingerprint density at radius 3 is 2.58 bits per heavy atom. The molecule has 1 aliphatic rings. The molecule has 26 heavy (non-hydrogen) atoms. The Hall–Kier alpha value is -2.95. The number of hydrogen-bond acceptors (Lipinski definition) is 5. The van der Waals surface area contributed by atoms with Crippen LogP contribution in [0.2, 0.25) is 0 Å². The Balaban J connectivity index is 1.81. The van der Waals surface area contributed by atoms with Gasteiger partial charge < -0.3 is 9.64 Å². The standard InChI is InChI=1S/C21H21N3O2/c1-21(20(25)26-2)12-13-24(14-21)19-16-10-6-7-11-17(16)22-18(23-19)15-8-4-3-5-9-15/h3-11H,12-14H2,1-2H3. The minimum absolute atomic E-state index is 0.165. The van der Waals surface area contributed by atoms with Crippen LogP contribution < -0.4 is 4.90 Å². The molecule has 132 valence electrons. The molecule has 0 aliphatic carbocycles. The molecular weight excluding hydrogens is 326 g/mol. The van der Waals surface area contributed by atoms with E-state index in [-0.39, 0.29) is 5.97 Å². The molecular formula is C21H21N3O2. The fourth-order valence-corrected chi connectivity index (χ4v) is 3.57. The van der Waals surface area contributed by atoms with E-state index >= 15 is 0 Å². The summed E-state index contributed by atoms with van der Waals surface area (Å²) in [4.78, 5) is 24.0. The Kier molecular flexibility index (Phi) is 4.07. The molecule has 1 saturated heterocycles. The summed E-state index contributed by atoms with van der Waals surface area (Å²) in [7, 11) is 1.45. The van der Waals surface area contributed by atoms with E-state index in [9.17, 15) is 4.79 Å². The fraction of sp³-hybridized carbons (Fsp3) is 0.286. The number of aromatic nitrogens is 2. The van der Waals surface area contributed by atoms with E-state index in [1.165, 1.54) is 7.11 Å². The molecule has 1 atom stereocenters. The highest BCUT2D eigenvalue weighted by Gasteiger charge is 2.42. The van der Waals surface area contributed by atoms with Crippen molar-refractivity contribution in [3.8, 4) is 11.4 Å². The molecule has 0 amide bonds. The monoisotopic (exact) mass is 347 g/mol. The molecule has 0 saturated carbocycles. The molecule has 0 spiro atoms. The fourth-order valence-electron chi connectivity index (χ4n) is 3.57.